The molecule has 0 radical (unpaired) electrons. The largest absolute Gasteiger partial charge is 0.456 e. The van der Waals surface area contributed by atoms with E-state index in [-0.39, 0.29) is 0 Å². The van der Waals surface area contributed by atoms with Crippen LogP contribution in [0.3, 0.4) is 0 Å². The third-order valence-electron chi connectivity index (χ3n) is 15.2. The summed E-state index contributed by atoms with van der Waals surface area (Å²) in [7, 11) is 0. The maximum atomic E-state index is 6.68. The fourth-order valence-corrected chi connectivity index (χ4v) is 13.0. The molecule has 350 valence electrons. The minimum atomic E-state index is -0.480. The molecular formula is C70H43N3OS. The van der Waals surface area contributed by atoms with Gasteiger partial charge in [-0.2, -0.15) is 0 Å². The van der Waals surface area contributed by atoms with E-state index in [2.05, 4.69) is 243 Å². The van der Waals surface area contributed by atoms with Crippen LogP contribution in [0.25, 0.3) is 121 Å². The highest BCUT2D eigenvalue weighted by Gasteiger charge is 2.46. The van der Waals surface area contributed by atoms with Gasteiger partial charge in [0.05, 0.1) is 5.41 Å². The van der Waals surface area contributed by atoms with Gasteiger partial charge in [0.25, 0.3) is 0 Å². The van der Waals surface area contributed by atoms with Crippen LogP contribution in [0.5, 0.6) is 0 Å². The first kappa shape index (κ1) is 43.1. The average molecular weight is 974 g/mol. The topological polar surface area (TPSA) is 51.8 Å². The van der Waals surface area contributed by atoms with Gasteiger partial charge in [0.15, 0.2) is 17.5 Å². The fraction of sp³-hybridized carbons (Fsp3) is 0.0143. The zero-order chi connectivity index (χ0) is 49.5. The lowest BCUT2D eigenvalue weighted by Crippen LogP contribution is -2.28. The van der Waals surface area contributed by atoms with Crippen LogP contribution in [0.15, 0.2) is 265 Å². The lowest BCUT2D eigenvalue weighted by atomic mass is 9.67. The number of thiophene rings is 1. The molecule has 0 spiro atoms. The second-order valence-corrected chi connectivity index (χ2v) is 20.5. The van der Waals surface area contributed by atoms with Crippen molar-refractivity contribution in [2.24, 2.45) is 0 Å². The normalized spacial score (nSPS) is 12.6. The smallest absolute Gasteiger partial charge is 0.164 e. The first-order valence-electron chi connectivity index (χ1n) is 25.4. The van der Waals surface area contributed by atoms with Crippen molar-refractivity contribution in [2.75, 3.05) is 0 Å². The van der Waals surface area contributed by atoms with Crippen LogP contribution in [0.2, 0.25) is 0 Å². The Bertz CT molecular complexity index is 4500. The van der Waals surface area contributed by atoms with E-state index in [1.807, 2.05) is 18.2 Å². The Kier molecular flexibility index (Phi) is 9.94. The number of hydrogen-bond acceptors (Lipinski definition) is 5. The minimum Gasteiger partial charge on any atom is -0.456 e. The van der Waals surface area contributed by atoms with Crippen LogP contribution in [0, 0.1) is 0 Å². The number of rotatable bonds is 8. The first-order chi connectivity index (χ1) is 37.2. The standard InChI is InChI=1S/C70H43N3OS/c1-4-18-44(19-5-1)45-20-15-23-49(41-45)67-71-68(50-36-38-55-54-28-11-13-35-63(54)75-64(55)43-50)73-69(72-67)57-31-17-34-62-66(57)58-42-47(37-39-61(58)74-62)46-21-14-22-48(40-46)53-30-16-33-60-65(53)56-29-10-12-32-59(56)70(60,51-24-6-2-7-25-51)52-26-8-3-9-27-52/h1-43H. The van der Waals surface area contributed by atoms with E-state index in [1.165, 1.54) is 59.1 Å². The number of aromatic nitrogens is 3. The van der Waals surface area contributed by atoms with Crippen LogP contribution in [0.1, 0.15) is 22.3 Å². The molecule has 3 aromatic heterocycles. The van der Waals surface area contributed by atoms with Crippen molar-refractivity contribution >= 4 is 53.4 Å². The molecule has 15 rings (SSSR count). The van der Waals surface area contributed by atoms with Crippen LogP contribution in [-0.2, 0) is 5.41 Å². The second kappa shape index (κ2) is 17.3. The lowest BCUT2D eigenvalue weighted by molar-refractivity contribution is 0.669. The molecule has 0 fully saturated rings. The lowest BCUT2D eigenvalue weighted by Gasteiger charge is -2.34. The highest BCUT2D eigenvalue weighted by molar-refractivity contribution is 7.25. The summed E-state index contributed by atoms with van der Waals surface area (Å²) in [5, 5.41) is 4.44. The Morgan fingerprint density at radius 1 is 0.307 bits per heavy atom. The molecule has 14 aromatic rings. The van der Waals surface area contributed by atoms with Crippen molar-refractivity contribution in [2.45, 2.75) is 5.41 Å². The summed E-state index contributed by atoms with van der Waals surface area (Å²) >= 11 is 1.79. The molecule has 0 atom stereocenters. The monoisotopic (exact) mass is 973 g/mol. The molecule has 3 heterocycles. The third-order valence-corrected chi connectivity index (χ3v) is 16.4. The van der Waals surface area contributed by atoms with E-state index in [1.54, 1.807) is 11.3 Å². The highest BCUT2D eigenvalue weighted by Crippen LogP contribution is 2.58. The SMILES string of the molecule is c1ccc(-c2cccc(-c3nc(-c4ccc5c(c4)sc4ccccc45)nc(-c4cccc5oc6ccc(-c7cccc(-c8cccc9c8-c8ccccc8C9(c8ccccc8)c8ccccc8)c7)cc6c45)n3)c2)cc1. The molecular weight excluding hydrogens is 931 g/mol. The fourth-order valence-electron chi connectivity index (χ4n) is 11.9. The summed E-state index contributed by atoms with van der Waals surface area (Å²) in [6.45, 7) is 0. The first-order valence-corrected chi connectivity index (χ1v) is 26.2. The zero-order valence-corrected chi connectivity index (χ0v) is 41.3. The van der Waals surface area contributed by atoms with Crippen molar-refractivity contribution in [1.82, 2.24) is 15.0 Å². The quantitative estimate of drug-likeness (QED) is 0.152. The van der Waals surface area contributed by atoms with Crippen molar-refractivity contribution in [3.05, 3.63) is 283 Å². The maximum absolute atomic E-state index is 6.68. The molecule has 75 heavy (non-hydrogen) atoms. The summed E-state index contributed by atoms with van der Waals surface area (Å²) in [5.74, 6) is 1.80. The summed E-state index contributed by atoms with van der Waals surface area (Å²) < 4.78 is 9.12. The molecule has 0 saturated heterocycles. The van der Waals surface area contributed by atoms with E-state index in [4.69, 9.17) is 19.4 Å². The average Bonchev–Trinajstić information content (AvgIpc) is 4.16. The Balaban J connectivity index is 0.879. The Morgan fingerprint density at radius 3 is 1.64 bits per heavy atom. The molecule has 0 saturated carbocycles. The molecule has 5 heteroatoms. The van der Waals surface area contributed by atoms with Crippen molar-refractivity contribution in [3.8, 4) is 78.7 Å². The van der Waals surface area contributed by atoms with Gasteiger partial charge in [-0.15, -0.1) is 11.3 Å². The highest BCUT2D eigenvalue weighted by atomic mass is 32.1. The van der Waals surface area contributed by atoms with Gasteiger partial charge in [0, 0.05) is 47.6 Å². The number of furan rings is 1. The maximum Gasteiger partial charge on any atom is 0.164 e. The van der Waals surface area contributed by atoms with Gasteiger partial charge in [0.1, 0.15) is 11.2 Å². The van der Waals surface area contributed by atoms with Crippen LogP contribution in [0.4, 0.5) is 0 Å². The van der Waals surface area contributed by atoms with E-state index in [0.29, 0.717) is 17.5 Å². The van der Waals surface area contributed by atoms with Crippen molar-refractivity contribution < 1.29 is 4.42 Å². The van der Waals surface area contributed by atoms with Gasteiger partial charge in [-0.3, -0.25) is 0 Å². The second-order valence-electron chi connectivity index (χ2n) is 19.4. The van der Waals surface area contributed by atoms with E-state index in [9.17, 15) is 0 Å². The number of nitrogens with zero attached hydrogens (tertiary/aromatic N) is 3. The Labute approximate surface area is 437 Å². The van der Waals surface area contributed by atoms with Gasteiger partial charge in [-0.1, -0.05) is 218 Å². The Morgan fingerprint density at radius 2 is 0.840 bits per heavy atom. The molecule has 0 N–H and O–H groups in total. The van der Waals surface area contributed by atoms with Crippen molar-refractivity contribution in [3.63, 3.8) is 0 Å². The van der Waals surface area contributed by atoms with Gasteiger partial charge in [0.2, 0.25) is 0 Å². The molecule has 1 aliphatic rings. The molecule has 0 unspecified atom stereocenters. The van der Waals surface area contributed by atoms with E-state index >= 15 is 0 Å². The predicted octanol–water partition coefficient (Wildman–Crippen LogP) is 18.5. The zero-order valence-electron chi connectivity index (χ0n) is 40.5. The van der Waals surface area contributed by atoms with E-state index < -0.39 is 5.41 Å². The molecule has 1 aliphatic carbocycles. The summed E-state index contributed by atoms with van der Waals surface area (Å²) in [4.78, 5) is 15.9. The third kappa shape index (κ3) is 6.93. The summed E-state index contributed by atoms with van der Waals surface area (Å²) in [6, 6.07) is 93.6. The molecule has 0 aliphatic heterocycles. The minimum absolute atomic E-state index is 0.480. The molecule has 11 aromatic carbocycles. The molecule has 4 nitrogen and oxygen atoms in total. The summed E-state index contributed by atoms with van der Waals surface area (Å²) in [5.41, 5.74) is 18.2. The van der Waals surface area contributed by atoms with Crippen molar-refractivity contribution in [1.29, 1.82) is 0 Å². The van der Waals surface area contributed by atoms with Crippen LogP contribution < -0.4 is 0 Å². The van der Waals surface area contributed by atoms with Gasteiger partial charge in [-0.05, 0) is 109 Å². The van der Waals surface area contributed by atoms with Gasteiger partial charge < -0.3 is 4.42 Å². The number of hydrogen-bond donors (Lipinski definition) is 0. The van der Waals surface area contributed by atoms with Crippen LogP contribution >= 0.6 is 11.3 Å². The number of fused-ring (bicyclic) bond motifs is 9. The van der Waals surface area contributed by atoms with Crippen LogP contribution in [-0.4, -0.2) is 15.0 Å². The predicted molar refractivity (Wildman–Crippen MR) is 310 cm³/mol. The summed E-state index contributed by atoms with van der Waals surface area (Å²) in [6.07, 6.45) is 0. The Hall–Kier alpha value is -9.55. The molecule has 0 bridgehead atoms. The number of benzene rings is 11. The van der Waals surface area contributed by atoms with Gasteiger partial charge in [-0.25, -0.2) is 15.0 Å². The molecule has 0 amide bonds. The van der Waals surface area contributed by atoms with E-state index in [0.717, 1.165) is 66.4 Å². The van der Waals surface area contributed by atoms with Gasteiger partial charge >= 0.3 is 0 Å².